The molecule has 1 N–H and O–H groups in total. The van der Waals surface area contributed by atoms with E-state index in [1.165, 1.54) is 22.5 Å². The maximum absolute atomic E-state index is 12.4. The largest absolute Gasteiger partial charge is 0.464 e. The van der Waals surface area contributed by atoms with Crippen molar-refractivity contribution < 1.29 is 9.21 Å². The second-order valence-corrected chi connectivity index (χ2v) is 6.94. The number of aromatic nitrogens is 1. The number of benzene rings is 2. The second kappa shape index (κ2) is 5.76. The van der Waals surface area contributed by atoms with Gasteiger partial charge in [0.1, 0.15) is 5.58 Å². The van der Waals surface area contributed by atoms with Crippen LogP contribution in [0.4, 0.5) is 5.13 Å². The zero-order valence-electron chi connectivity index (χ0n) is 13.4. The summed E-state index contributed by atoms with van der Waals surface area (Å²) in [5.41, 5.74) is 4.99. The SMILES string of the molecule is Cc1cc2occ(CC(=O)Nc3nc4ccccc4s3)c2cc1C. The van der Waals surface area contributed by atoms with Gasteiger partial charge in [-0.05, 0) is 49.2 Å². The third kappa shape index (κ3) is 2.67. The molecule has 0 fully saturated rings. The van der Waals surface area contributed by atoms with Gasteiger partial charge in [0.05, 0.1) is 22.9 Å². The predicted octanol–water partition coefficient (Wildman–Crippen LogP) is 4.84. The molecule has 4 nitrogen and oxygen atoms in total. The van der Waals surface area contributed by atoms with Gasteiger partial charge in [0.2, 0.25) is 5.91 Å². The van der Waals surface area contributed by atoms with E-state index < -0.39 is 0 Å². The van der Waals surface area contributed by atoms with Gasteiger partial charge in [-0.25, -0.2) is 4.98 Å². The number of furan rings is 1. The molecule has 120 valence electrons. The van der Waals surface area contributed by atoms with E-state index in [1.807, 2.05) is 30.3 Å². The normalized spacial score (nSPS) is 11.2. The molecule has 0 aliphatic rings. The van der Waals surface area contributed by atoms with Crippen molar-refractivity contribution in [2.24, 2.45) is 0 Å². The second-order valence-electron chi connectivity index (χ2n) is 5.91. The van der Waals surface area contributed by atoms with Gasteiger partial charge in [-0.15, -0.1) is 0 Å². The first kappa shape index (κ1) is 14.9. The molecule has 0 aliphatic heterocycles. The number of hydrogen-bond donors (Lipinski definition) is 1. The highest BCUT2D eigenvalue weighted by molar-refractivity contribution is 7.22. The minimum Gasteiger partial charge on any atom is -0.464 e. The quantitative estimate of drug-likeness (QED) is 0.582. The highest BCUT2D eigenvalue weighted by atomic mass is 32.1. The Bertz CT molecular complexity index is 1030. The highest BCUT2D eigenvalue weighted by Crippen LogP contribution is 2.27. The van der Waals surface area contributed by atoms with Crippen molar-refractivity contribution in [3.63, 3.8) is 0 Å². The number of hydrogen-bond acceptors (Lipinski definition) is 4. The van der Waals surface area contributed by atoms with Crippen LogP contribution in [0.25, 0.3) is 21.2 Å². The lowest BCUT2D eigenvalue weighted by Gasteiger charge is -2.02. The number of carbonyl (C=O) groups is 1. The maximum atomic E-state index is 12.4. The first-order valence-electron chi connectivity index (χ1n) is 7.73. The molecule has 0 spiro atoms. The van der Waals surface area contributed by atoms with Crippen LogP contribution in [-0.4, -0.2) is 10.9 Å². The van der Waals surface area contributed by atoms with Gasteiger partial charge in [0.25, 0.3) is 0 Å². The number of fused-ring (bicyclic) bond motifs is 2. The summed E-state index contributed by atoms with van der Waals surface area (Å²) in [5, 5.41) is 4.51. The van der Waals surface area contributed by atoms with E-state index in [0.29, 0.717) is 5.13 Å². The first-order valence-corrected chi connectivity index (χ1v) is 8.54. The number of amides is 1. The van der Waals surface area contributed by atoms with Crippen LogP contribution in [0.1, 0.15) is 16.7 Å². The van der Waals surface area contributed by atoms with Crippen molar-refractivity contribution in [3.05, 3.63) is 59.4 Å². The van der Waals surface area contributed by atoms with Gasteiger partial charge in [-0.3, -0.25) is 4.79 Å². The van der Waals surface area contributed by atoms with Gasteiger partial charge in [0, 0.05) is 10.9 Å². The van der Waals surface area contributed by atoms with E-state index in [9.17, 15) is 4.79 Å². The van der Waals surface area contributed by atoms with Crippen LogP contribution in [0.3, 0.4) is 0 Å². The number of carbonyl (C=O) groups excluding carboxylic acids is 1. The van der Waals surface area contributed by atoms with Crippen molar-refractivity contribution in [1.82, 2.24) is 4.98 Å². The fourth-order valence-corrected chi connectivity index (χ4v) is 3.62. The Hall–Kier alpha value is -2.66. The molecule has 0 unspecified atom stereocenters. The minimum absolute atomic E-state index is 0.0880. The Morgan fingerprint density at radius 2 is 2.00 bits per heavy atom. The lowest BCUT2D eigenvalue weighted by molar-refractivity contribution is -0.115. The Labute approximate surface area is 143 Å². The van der Waals surface area contributed by atoms with E-state index in [0.717, 1.165) is 26.7 Å². The molecule has 2 aromatic heterocycles. The average molecular weight is 336 g/mol. The van der Waals surface area contributed by atoms with Crippen molar-refractivity contribution >= 4 is 43.6 Å². The molecule has 0 radical (unpaired) electrons. The summed E-state index contributed by atoms with van der Waals surface area (Å²) in [4.78, 5) is 16.8. The van der Waals surface area contributed by atoms with Crippen LogP contribution in [-0.2, 0) is 11.2 Å². The number of aryl methyl sites for hydroxylation is 2. The van der Waals surface area contributed by atoms with Gasteiger partial charge >= 0.3 is 0 Å². The summed E-state index contributed by atoms with van der Waals surface area (Å²) in [6, 6.07) is 11.9. The lowest BCUT2D eigenvalue weighted by atomic mass is 10.0. The van der Waals surface area contributed by atoms with Gasteiger partial charge in [0.15, 0.2) is 5.13 Å². The fourth-order valence-electron chi connectivity index (χ4n) is 2.74. The van der Waals surface area contributed by atoms with Crippen LogP contribution in [0.5, 0.6) is 0 Å². The number of nitrogens with zero attached hydrogens (tertiary/aromatic N) is 1. The van der Waals surface area contributed by atoms with Crippen LogP contribution < -0.4 is 5.32 Å². The van der Waals surface area contributed by atoms with Crippen LogP contribution in [0.2, 0.25) is 0 Å². The molecule has 4 rings (SSSR count). The van der Waals surface area contributed by atoms with Gasteiger partial charge in [-0.1, -0.05) is 23.5 Å². The molecule has 0 saturated carbocycles. The molecular formula is C19H16N2O2S. The van der Waals surface area contributed by atoms with Gasteiger partial charge in [-0.2, -0.15) is 0 Å². The zero-order chi connectivity index (χ0) is 16.7. The number of nitrogens with one attached hydrogen (secondary N) is 1. The molecule has 0 aliphatic carbocycles. The molecule has 2 heterocycles. The molecular weight excluding hydrogens is 320 g/mol. The Balaban J connectivity index is 1.56. The number of para-hydroxylation sites is 1. The van der Waals surface area contributed by atoms with Crippen molar-refractivity contribution in [3.8, 4) is 0 Å². The van der Waals surface area contributed by atoms with E-state index in [2.05, 4.69) is 30.2 Å². The summed E-state index contributed by atoms with van der Waals surface area (Å²) in [5.74, 6) is -0.0880. The van der Waals surface area contributed by atoms with E-state index >= 15 is 0 Å². The Kier molecular flexibility index (Phi) is 3.58. The van der Waals surface area contributed by atoms with Gasteiger partial charge < -0.3 is 9.73 Å². The summed E-state index contributed by atoms with van der Waals surface area (Å²) < 4.78 is 6.65. The molecule has 4 aromatic rings. The fraction of sp³-hybridized carbons (Fsp3) is 0.158. The third-order valence-electron chi connectivity index (χ3n) is 4.16. The molecule has 24 heavy (non-hydrogen) atoms. The summed E-state index contributed by atoms with van der Waals surface area (Å²) >= 11 is 1.48. The molecule has 0 saturated heterocycles. The topological polar surface area (TPSA) is 55.1 Å². The van der Waals surface area contributed by atoms with Crippen molar-refractivity contribution in [2.45, 2.75) is 20.3 Å². The summed E-state index contributed by atoms with van der Waals surface area (Å²) in [6.45, 7) is 4.11. The van der Waals surface area contributed by atoms with Crippen molar-refractivity contribution in [2.75, 3.05) is 5.32 Å². The first-order chi connectivity index (χ1) is 11.6. The molecule has 1 amide bonds. The maximum Gasteiger partial charge on any atom is 0.230 e. The Morgan fingerprint density at radius 1 is 1.21 bits per heavy atom. The van der Waals surface area contributed by atoms with Crippen LogP contribution >= 0.6 is 11.3 Å². The third-order valence-corrected chi connectivity index (χ3v) is 5.11. The average Bonchev–Trinajstić information content (AvgIpc) is 3.12. The standard InChI is InChI=1S/C19H16N2O2S/c1-11-7-14-13(10-23-16(14)8-12(11)2)9-18(22)21-19-20-15-5-3-4-6-17(15)24-19/h3-8,10H,9H2,1-2H3,(H,20,21,22). The number of anilines is 1. The number of rotatable bonds is 3. The van der Waals surface area contributed by atoms with Crippen molar-refractivity contribution in [1.29, 1.82) is 0 Å². The lowest BCUT2D eigenvalue weighted by Crippen LogP contribution is -2.13. The van der Waals surface area contributed by atoms with E-state index in [-0.39, 0.29) is 12.3 Å². The van der Waals surface area contributed by atoms with Crippen LogP contribution in [0.15, 0.2) is 47.1 Å². The smallest absolute Gasteiger partial charge is 0.230 e. The van der Waals surface area contributed by atoms with E-state index in [4.69, 9.17) is 4.42 Å². The molecule has 2 aromatic carbocycles. The molecule has 0 atom stereocenters. The number of thiazole rings is 1. The predicted molar refractivity (Wildman–Crippen MR) is 97.6 cm³/mol. The summed E-state index contributed by atoms with van der Waals surface area (Å²) in [6.07, 6.45) is 1.94. The summed E-state index contributed by atoms with van der Waals surface area (Å²) in [7, 11) is 0. The molecule has 0 bridgehead atoms. The van der Waals surface area contributed by atoms with E-state index in [1.54, 1.807) is 6.26 Å². The molecule has 5 heteroatoms. The minimum atomic E-state index is -0.0880. The zero-order valence-corrected chi connectivity index (χ0v) is 14.2. The Morgan fingerprint density at radius 3 is 2.83 bits per heavy atom. The highest BCUT2D eigenvalue weighted by Gasteiger charge is 2.13. The monoisotopic (exact) mass is 336 g/mol. The van der Waals surface area contributed by atoms with Crippen LogP contribution in [0, 0.1) is 13.8 Å².